The zero-order valence-electron chi connectivity index (χ0n) is 11.2. The van der Waals surface area contributed by atoms with E-state index in [0.717, 1.165) is 0 Å². The largest absolute Gasteiger partial charge is 0.477 e. The average molecular weight is 336 g/mol. The first-order valence-electron chi connectivity index (χ1n) is 6.24. The van der Waals surface area contributed by atoms with E-state index in [1.54, 1.807) is 48.5 Å². The van der Waals surface area contributed by atoms with Gasteiger partial charge < -0.3 is 10.4 Å². The summed E-state index contributed by atoms with van der Waals surface area (Å²) in [6.07, 6.45) is 1.23. The first-order valence-corrected chi connectivity index (χ1v) is 7.00. The molecular weight excluding hydrogens is 325 g/mol. The van der Waals surface area contributed by atoms with Crippen LogP contribution in [0.5, 0.6) is 0 Å². The Morgan fingerprint density at radius 2 is 1.55 bits per heavy atom. The summed E-state index contributed by atoms with van der Waals surface area (Å²) in [6.45, 7) is 0. The highest BCUT2D eigenvalue weighted by atomic mass is 35.5. The van der Waals surface area contributed by atoms with Gasteiger partial charge in [0.1, 0.15) is 5.70 Å². The Hall–Kier alpha value is -2.30. The van der Waals surface area contributed by atoms with Gasteiger partial charge in [-0.25, -0.2) is 4.79 Å². The molecule has 4 nitrogen and oxygen atoms in total. The average Bonchev–Trinajstić information content (AvgIpc) is 2.50. The molecule has 0 aromatic heterocycles. The third-order valence-corrected chi connectivity index (χ3v) is 3.46. The molecule has 0 aliphatic heterocycles. The van der Waals surface area contributed by atoms with E-state index >= 15 is 0 Å². The number of carboxylic acid groups (broad SMARTS) is 1. The highest BCUT2D eigenvalue weighted by Gasteiger charge is 2.14. The van der Waals surface area contributed by atoms with Crippen LogP contribution in [0.25, 0.3) is 6.08 Å². The van der Waals surface area contributed by atoms with Gasteiger partial charge in [-0.1, -0.05) is 47.5 Å². The summed E-state index contributed by atoms with van der Waals surface area (Å²) < 4.78 is 0. The smallest absolute Gasteiger partial charge is 0.352 e. The molecule has 6 heteroatoms. The van der Waals surface area contributed by atoms with Crippen LogP contribution in [-0.2, 0) is 4.79 Å². The van der Waals surface area contributed by atoms with Crippen LogP contribution in [0.4, 0.5) is 0 Å². The second-order valence-electron chi connectivity index (χ2n) is 4.32. The molecule has 1 amide bonds. The summed E-state index contributed by atoms with van der Waals surface area (Å²) in [7, 11) is 0. The number of hydrogen-bond acceptors (Lipinski definition) is 2. The summed E-state index contributed by atoms with van der Waals surface area (Å²) in [5.41, 5.74) is 0.361. The van der Waals surface area contributed by atoms with Gasteiger partial charge in [-0.3, -0.25) is 4.79 Å². The minimum Gasteiger partial charge on any atom is -0.477 e. The van der Waals surface area contributed by atoms with Gasteiger partial charge in [-0.15, -0.1) is 0 Å². The van der Waals surface area contributed by atoms with E-state index in [4.69, 9.17) is 23.2 Å². The monoisotopic (exact) mass is 335 g/mol. The second-order valence-corrected chi connectivity index (χ2v) is 5.13. The lowest BCUT2D eigenvalue weighted by Gasteiger charge is -2.08. The molecule has 2 N–H and O–H groups in total. The molecule has 0 heterocycles. The molecular formula is C16H11Cl2NO3. The van der Waals surface area contributed by atoms with Gasteiger partial charge in [0.25, 0.3) is 5.91 Å². The van der Waals surface area contributed by atoms with Gasteiger partial charge in [0.05, 0.1) is 0 Å². The molecule has 112 valence electrons. The lowest BCUT2D eigenvalue weighted by atomic mass is 10.1. The molecule has 2 aromatic carbocycles. The number of hydrogen-bond donors (Lipinski definition) is 2. The number of carboxylic acids is 1. The van der Waals surface area contributed by atoms with Crippen molar-refractivity contribution in [3.63, 3.8) is 0 Å². The molecule has 0 spiro atoms. The Balaban J connectivity index is 2.33. The van der Waals surface area contributed by atoms with Crippen molar-refractivity contribution >= 4 is 41.2 Å². The van der Waals surface area contributed by atoms with Crippen LogP contribution >= 0.6 is 23.2 Å². The van der Waals surface area contributed by atoms with Crippen molar-refractivity contribution in [2.24, 2.45) is 0 Å². The van der Waals surface area contributed by atoms with Gasteiger partial charge >= 0.3 is 5.97 Å². The number of nitrogens with one attached hydrogen (secondary N) is 1. The third kappa shape index (κ3) is 3.87. The van der Waals surface area contributed by atoms with Crippen LogP contribution in [0.15, 0.2) is 54.2 Å². The zero-order valence-corrected chi connectivity index (χ0v) is 12.7. The SMILES string of the molecule is O=C(O)C(=Cc1c(Cl)cccc1Cl)NC(=O)c1ccccc1. The maximum absolute atomic E-state index is 12.0. The molecule has 0 atom stereocenters. The van der Waals surface area contributed by atoms with E-state index in [2.05, 4.69) is 5.32 Å². The van der Waals surface area contributed by atoms with Gasteiger partial charge in [0, 0.05) is 21.2 Å². The Labute approximate surface area is 137 Å². The summed E-state index contributed by atoms with van der Waals surface area (Å²) in [4.78, 5) is 23.4. The summed E-state index contributed by atoms with van der Waals surface area (Å²) in [6, 6.07) is 13.1. The first kappa shape index (κ1) is 16.1. The lowest BCUT2D eigenvalue weighted by molar-refractivity contribution is -0.132. The van der Waals surface area contributed by atoms with Crippen molar-refractivity contribution in [3.8, 4) is 0 Å². The molecule has 0 fully saturated rings. The Morgan fingerprint density at radius 1 is 0.955 bits per heavy atom. The zero-order chi connectivity index (χ0) is 16.1. The number of benzene rings is 2. The van der Waals surface area contributed by atoms with Crippen LogP contribution in [0.1, 0.15) is 15.9 Å². The van der Waals surface area contributed by atoms with Crippen LogP contribution in [0.3, 0.4) is 0 Å². The van der Waals surface area contributed by atoms with Crippen molar-refractivity contribution in [1.82, 2.24) is 5.32 Å². The lowest BCUT2D eigenvalue weighted by Crippen LogP contribution is -2.27. The summed E-state index contributed by atoms with van der Waals surface area (Å²) in [5, 5.41) is 12.2. The van der Waals surface area contributed by atoms with E-state index in [0.29, 0.717) is 21.2 Å². The highest BCUT2D eigenvalue weighted by Crippen LogP contribution is 2.26. The van der Waals surface area contributed by atoms with Crippen LogP contribution in [0.2, 0.25) is 10.0 Å². The Morgan fingerprint density at radius 3 is 2.09 bits per heavy atom. The van der Waals surface area contributed by atoms with Crippen molar-refractivity contribution in [2.45, 2.75) is 0 Å². The first-order chi connectivity index (χ1) is 10.5. The number of rotatable bonds is 4. The molecule has 22 heavy (non-hydrogen) atoms. The number of amides is 1. The van der Waals surface area contributed by atoms with E-state index in [-0.39, 0.29) is 5.70 Å². The molecule has 0 radical (unpaired) electrons. The molecule has 0 aliphatic rings. The quantitative estimate of drug-likeness (QED) is 0.834. The Bertz CT molecular complexity index is 722. The number of carbonyl (C=O) groups excluding carboxylic acids is 1. The molecule has 2 rings (SSSR count). The van der Waals surface area contributed by atoms with E-state index in [1.807, 2.05) is 0 Å². The minimum absolute atomic E-state index is 0.292. The predicted octanol–water partition coefficient (Wildman–Crippen LogP) is 3.85. The van der Waals surface area contributed by atoms with Gasteiger partial charge in [0.15, 0.2) is 0 Å². The molecule has 0 aliphatic carbocycles. The summed E-state index contributed by atoms with van der Waals surface area (Å²) in [5.74, 6) is -1.82. The van der Waals surface area contributed by atoms with Crippen molar-refractivity contribution in [2.75, 3.05) is 0 Å². The number of halogens is 2. The highest BCUT2D eigenvalue weighted by molar-refractivity contribution is 6.37. The van der Waals surface area contributed by atoms with Crippen molar-refractivity contribution in [3.05, 3.63) is 75.4 Å². The molecule has 0 saturated carbocycles. The molecule has 0 bridgehead atoms. The Kier molecular flexibility index (Phi) is 5.20. The minimum atomic E-state index is -1.29. The van der Waals surface area contributed by atoms with E-state index in [1.165, 1.54) is 6.08 Å². The van der Waals surface area contributed by atoms with Crippen molar-refractivity contribution in [1.29, 1.82) is 0 Å². The molecule has 2 aromatic rings. The normalized spacial score (nSPS) is 11.1. The predicted molar refractivity (Wildman–Crippen MR) is 86.0 cm³/mol. The molecule has 0 saturated heterocycles. The van der Waals surface area contributed by atoms with Crippen LogP contribution in [-0.4, -0.2) is 17.0 Å². The van der Waals surface area contributed by atoms with Crippen LogP contribution in [0, 0.1) is 0 Å². The fourth-order valence-electron chi connectivity index (χ4n) is 1.73. The number of carbonyl (C=O) groups is 2. The van der Waals surface area contributed by atoms with Gasteiger partial charge in [-0.05, 0) is 30.3 Å². The fraction of sp³-hybridized carbons (Fsp3) is 0. The van der Waals surface area contributed by atoms with Crippen LogP contribution < -0.4 is 5.32 Å². The number of aliphatic carboxylic acids is 1. The van der Waals surface area contributed by atoms with Crippen molar-refractivity contribution < 1.29 is 14.7 Å². The maximum Gasteiger partial charge on any atom is 0.352 e. The van der Waals surface area contributed by atoms with E-state index < -0.39 is 11.9 Å². The van der Waals surface area contributed by atoms with Gasteiger partial charge in [-0.2, -0.15) is 0 Å². The third-order valence-electron chi connectivity index (χ3n) is 2.80. The maximum atomic E-state index is 12.0. The molecule has 0 unspecified atom stereocenters. The topological polar surface area (TPSA) is 66.4 Å². The fourth-order valence-corrected chi connectivity index (χ4v) is 2.23. The van der Waals surface area contributed by atoms with E-state index in [9.17, 15) is 14.7 Å². The standard InChI is InChI=1S/C16H11Cl2NO3/c17-12-7-4-8-13(18)11(12)9-14(16(21)22)19-15(20)10-5-2-1-3-6-10/h1-9H,(H,19,20)(H,21,22). The summed E-state index contributed by atoms with van der Waals surface area (Å²) >= 11 is 12.0. The van der Waals surface area contributed by atoms with Gasteiger partial charge in [0.2, 0.25) is 0 Å². The second kappa shape index (κ2) is 7.11.